The van der Waals surface area contributed by atoms with Crippen LogP contribution in [0.5, 0.6) is 0 Å². The lowest BCUT2D eigenvalue weighted by Crippen LogP contribution is -2.23. The zero-order chi connectivity index (χ0) is 14.8. The molecule has 19 heavy (non-hydrogen) atoms. The minimum Gasteiger partial charge on any atom is -0.369 e. The van der Waals surface area contributed by atoms with Crippen molar-refractivity contribution >= 4 is 28.2 Å². The molecule has 0 fully saturated rings. The fourth-order valence-corrected chi connectivity index (χ4v) is 1.84. The van der Waals surface area contributed by atoms with Gasteiger partial charge in [0, 0.05) is 39.8 Å². The van der Waals surface area contributed by atoms with Gasteiger partial charge in [-0.15, -0.1) is 0 Å². The first-order chi connectivity index (χ1) is 8.62. The van der Waals surface area contributed by atoms with E-state index >= 15 is 0 Å². The maximum Gasteiger partial charge on any atom is 0.137 e. The number of halogens is 1. The zero-order valence-corrected chi connectivity index (χ0v) is 13.9. The quantitative estimate of drug-likeness (QED) is 0.869. The van der Waals surface area contributed by atoms with Gasteiger partial charge in [0.15, 0.2) is 0 Å². The molecule has 0 bridgehead atoms. The van der Waals surface area contributed by atoms with E-state index in [0.29, 0.717) is 17.5 Å². The van der Waals surface area contributed by atoms with Crippen LogP contribution in [0.15, 0.2) is 0 Å². The molecule has 0 aliphatic heterocycles. The summed E-state index contributed by atoms with van der Waals surface area (Å²) in [5, 5.41) is 3.75. The van der Waals surface area contributed by atoms with Crippen molar-refractivity contribution in [1.82, 2.24) is 9.97 Å². The average Bonchev–Trinajstić information content (AvgIpc) is 2.28. The predicted molar refractivity (Wildman–Crippen MR) is 82.5 cm³/mol. The molecule has 1 aromatic heterocycles. The molecule has 0 saturated heterocycles. The van der Waals surface area contributed by atoms with Crippen molar-refractivity contribution in [3.8, 4) is 0 Å². The van der Waals surface area contributed by atoms with Gasteiger partial charge in [0.05, 0.1) is 0 Å². The molecule has 6 heteroatoms. The molecule has 0 saturated carbocycles. The maximum absolute atomic E-state index is 11.4. The highest BCUT2D eigenvalue weighted by molar-refractivity contribution is 7.84. The minimum atomic E-state index is -0.857. The second kappa shape index (κ2) is 6.18. The molecule has 108 valence electrons. The van der Waals surface area contributed by atoms with Gasteiger partial charge in [0.1, 0.15) is 16.8 Å². The van der Waals surface area contributed by atoms with E-state index in [0.717, 1.165) is 11.4 Å². The first-order valence-electron chi connectivity index (χ1n) is 6.23. The molecule has 0 aliphatic carbocycles. The van der Waals surface area contributed by atoms with Crippen molar-refractivity contribution in [2.45, 2.75) is 45.3 Å². The van der Waals surface area contributed by atoms with Crippen molar-refractivity contribution in [2.24, 2.45) is 0 Å². The van der Waals surface area contributed by atoms with Gasteiger partial charge in [0.25, 0.3) is 0 Å². The highest BCUT2D eigenvalue weighted by Crippen LogP contribution is 2.26. The maximum atomic E-state index is 11.4. The second-order valence-electron chi connectivity index (χ2n) is 5.75. The van der Waals surface area contributed by atoms with Gasteiger partial charge in [-0.25, -0.2) is 9.97 Å². The smallest absolute Gasteiger partial charge is 0.137 e. The molecule has 0 aliphatic rings. The van der Waals surface area contributed by atoms with Crippen LogP contribution in [0.3, 0.4) is 0 Å². The third-order valence-corrected chi connectivity index (χ3v) is 4.55. The van der Waals surface area contributed by atoms with E-state index in [-0.39, 0.29) is 10.7 Å². The van der Waals surface area contributed by atoms with Gasteiger partial charge >= 0.3 is 0 Å². The lowest BCUT2D eigenvalue weighted by molar-refractivity contribution is 0.545. The van der Waals surface area contributed by atoms with Crippen LogP contribution in [0, 0.1) is 6.92 Å². The molecule has 0 spiro atoms. The van der Waals surface area contributed by atoms with Crippen LogP contribution in [0.25, 0.3) is 0 Å². The standard InChI is InChI=1S/C13H22ClN3OS/c1-8(19(6)18)7-15-11-9(2)10(14)16-12(17-11)13(3,4)5/h8H,7H2,1-6H3,(H,15,16,17). The molecular formula is C13H22ClN3OS. The first kappa shape index (κ1) is 16.4. The second-order valence-corrected chi connectivity index (χ2v) is 7.91. The number of hydrogen-bond donors (Lipinski definition) is 1. The topological polar surface area (TPSA) is 54.9 Å². The molecule has 1 heterocycles. The molecule has 1 rings (SSSR count). The van der Waals surface area contributed by atoms with Gasteiger partial charge in [0.2, 0.25) is 0 Å². The van der Waals surface area contributed by atoms with Crippen LogP contribution < -0.4 is 5.32 Å². The van der Waals surface area contributed by atoms with E-state index in [9.17, 15) is 4.21 Å². The Morgan fingerprint density at radius 2 is 1.95 bits per heavy atom. The summed E-state index contributed by atoms with van der Waals surface area (Å²) in [7, 11) is -0.857. The Kier molecular flexibility index (Phi) is 5.33. The molecular weight excluding hydrogens is 282 g/mol. The van der Waals surface area contributed by atoms with Gasteiger partial charge in [-0.2, -0.15) is 0 Å². The first-order valence-corrected chi connectivity index (χ1v) is 8.23. The summed E-state index contributed by atoms with van der Waals surface area (Å²) in [6.45, 7) is 10.5. The molecule has 0 aromatic carbocycles. The third kappa shape index (κ3) is 4.42. The fraction of sp³-hybridized carbons (Fsp3) is 0.692. The van der Waals surface area contributed by atoms with E-state index in [2.05, 4.69) is 15.3 Å². The highest BCUT2D eigenvalue weighted by Gasteiger charge is 2.20. The Labute approximate surface area is 122 Å². The Bertz CT molecular complexity index is 486. The molecule has 0 amide bonds. The normalized spacial score (nSPS) is 15.1. The van der Waals surface area contributed by atoms with Crippen LogP contribution >= 0.6 is 11.6 Å². The van der Waals surface area contributed by atoms with Crippen molar-refractivity contribution < 1.29 is 4.21 Å². The lowest BCUT2D eigenvalue weighted by Gasteiger charge is -2.20. The Hall–Kier alpha value is -0.680. The predicted octanol–water partition coefficient (Wildman–Crippen LogP) is 2.91. The fourth-order valence-electron chi connectivity index (χ4n) is 1.35. The van der Waals surface area contributed by atoms with E-state index in [4.69, 9.17) is 11.6 Å². The number of aromatic nitrogens is 2. The summed E-state index contributed by atoms with van der Waals surface area (Å²) in [4.78, 5) is 8.85. The zero-order valence-electron chi connectivity index (χ0n) is 12.4. The lowest BCUT2D eigenvalue weighted by atomic mass is 9.95. The van der Waals surface area contributed by atoms with Crippen LogP contribution in [0.2, 0.25) is 5.15 Å². The van der Waals surface area contributed by atoms with Crippen molar-refractivity contribution in [3.05, 3.63) is 16.5 Å². The summed E-state index contributed by atoms with van der Waals surface area (Å²) in [5.74, 6) is 1.43. The van der Waals surface area contributed by atoms with E-state index in [1.54, 1.807) is 6.26 Å². The minimum absolute atomic E-state index is 0.0613. The summed E-state index contributed by atoms with van der Waals surface area (Å²) in [6.07, 6.45) is 1.70. The number of nitrogens with one attached hydrogen (secondary N) is 1. The SMILES string of the molecule is Cc1c(Cl)nc(C(C)(C)C)nc1NCC(C)S(C)=O. The number of anilines is 1. The third-order valence-electron chi connectivity index (χ3n) is 2.88. The monoisotopic (exact) mass is 303 g/mol. The highest BCUT2D eigenvalue weighted by atomic mass is 35.5. The summed E-state index contributed by atoms with van der Waals surface area (Å²) < 4.78 is 11.4. The van der Waals surface area contributed by atoms with E-state index in [1.807, 2.05) is 34.6 Å². The van der Waals surface area contributed by atoms with Crippen molar-refractivity contribution in [2.75, 3.05) is 18.1 Å². The Morgan fingerprint density at radius 3 is 2.42 bits per heavy atom. The number of rotatable bonds is 4. The van der Waals surface area contributed by atoms with Crippen molar-refractivity contribution in [1.29, 1.82) is 0 Å². The van der Waals surface area contributed by atoms with Gasteiger partial charge in [-0.3, -0.25) is 4.21 Å². The molecule has 0 radical (unpaired) electrons. The number of nitrogens with zero attached hydrogens (tertiary/aromatic N) is 2. The number of hydrogen-bond acceptors (Lipinski definition) is 4. The molecule has 4 nitrogen and oxygen atoms in total. The summed E-state index contributed by atoms with van der Waals surface area (Å²) in [6, 6.07) is 0. The summed E-state index contributed by atoms with van der Waals surface area (Å²) >= 11 is 6.15. The van der Waals surface area contributed by atoms with Crippen LogP contribution in [-0.2, 0) is 16.2 Å². The summed E-state index contributed by atoms with van der Waals surface area (Å²) in [5.41, 5.74) is 0.663. The van der Waals surface area contributed by atoms with Crippen LogP contribution in [0.4, 0.5) is 5.82 Å². The van der Waals surface area contributed by atoms with E-state index in [1.165, 1.54) is 0 Å². The van der Waals surface area contributed by atoms with Crippen molar-refractivity contribution in [3.63, 3.8) is 0 Å². The average molecular weight is 304 g/mol. The van der Waals surface area contributed by atoms with Gasteiger partial charge < -0.3 is 5.32 Å². The molecule has 2 unspecified atom stereocenters. The van der Waals surface area contributed by atoms with Crippen LogP contribution in [0.1, 0.15) is 39.1 Å². The van der Waals surface area contributed by atoms with E-state index < -0.39 is 10.8 Å². The molecule has 1 N–H and O–H groups in total. The Morgan fingerprint density at radius 1 is 1.37 bits per heavy atom. The molecule has 1 aromatic rings. The van der Waals surface area contributed by atoms with Gasteiger partial charge in [-0.05, 0) is 13.8 Å². The molecule has 2 atom stereocenters. The van der Waals surface area contributed by atoms with Crippen LogP contribution in [-0.4, -0.2) is 32.2 Å². The Balaban J connectivity index is 3.00. The largest absolute Gasteiger partial charge is 0.369 e. The van der Waals surface area contributed by atoms with Gasteiger partial charge in [-0.1, -0.05) is 32.4 Å².